The van der Waals surface area contributed by atoms with Crippen molar-refractivity contribution < 1.29 is 9.21 Å². The fourth-order valence-electron chi connectivity index (χ4n) is 3.84. The smallest absolute Gasteiger partial charge is 0.267 e. The van der Waals surface area contributed by atoms with Crippen LogP contribution in [0.15, 0.2) is 117 Å². The highest BCUT2D eigenvalue weighted by molar-refractivity contribution is 8.18. The van der Waals surface area contributed by atoms with Gasteiger partial charge in [0.05, 0.1) is 23.9 Å². The summed E-state index contributed by atoms with van der Waals surface area (Å²) in [7, 11) is 3.99. The van der Waals surface area contributed by atoms with Gasteiger partial charge in [-0.1, -0.05) is 66.7 Å². The second-order valence-electron chi connectivity index (χ2n) is 8.68. The summed E-state index contributed by atoms with van der Waals surface area (Å²) >= 11 is 1.31. The SMILES string of the molecule is CN(C)c1ccc(/C=C2\S/C(=N/N=C\c3ccc(-c4ccccc4)cc3)N(Cc3ccco3)C2=O)cc1. The topological polar surface area (TPSA) is 61.4 Å². The van der Waals surface area contributed by atoms with Gasteiger partial charge in [0, 0.05) is 19.8 Å². The number of furan rings is 1. The molecule has 0 bridgehead atoms. The molecule has 0 N–H and O–H groups in total. The molecule has 0 atom stereocenters. The molecule has 0 unspecified atom stereocenters. The number of carbonyl (C=O) groups is 1. The van der Waals surface area contributed by atoms with Crippen LogP contribution in [0.3, 0.4) is 0 Å². The Labute approximate surface area is 220 Å². The van der Waals surface area contributed by atoms with Crippen LogP contribution >= 0.6 is 11.8 Å². The van der Waals surface area contributed by atoms with Gasteiger partial charge in [0.1, 0.15) is 5.76 Å². The minimum atomic E-state index is -0.126. The second-order valence-corrected chi connectivity index (χ2v) is 9.69. The summed E-state index contributed by atoms with van der Waals surface area (Å²) in [6, 6.07) is 30.0. The summed E-state index contributed by atoms with van der Waals surface area (Å²) < 4.78 is 5.48. The van der Waals surface area contributed by atoms with Crippen molar-refractivity contribution in [2.45, 2.75) is 6.54 Å². The number of benzene rings is 3. The molecule has 0 spiro atoms. The van der Waals surface area contributed by atoms with E-state index in [1.54, 1.807) is 23.4 Å². The van der Waals surface area contributed by atoms with E-state index in [4.69, 9.17) is 4.42 Å². The summed E-state index contributed by atoms with van der Waals surface area (Å²) in [6.45, 7) is 0.288. The van der Waals surface area contributed by atoms with Crippen molar-refractivity contribution in [3.63, 3.8) is 0 Å². The van der Waals surface area contributed by atoms with E-state index in [9.17, 15) is 4.79 Å². The minimum Gasteiger partial charge on any atom is -0.467 e. The highest BCUT2D eigenvalue weighted by Crippen LogP contribution is 2.34. The molecule has 1 amide bonds. The molecule has 4 aromatic rings. The highest BCUT2D eigenvalue weighted by Gasteiger charge is 2.34. The lowest BCUT2D eigenvalue weighted by Gasteiger charge is -2.12. The third-order valence-electron chi connectivity index (χ3n) is 5.86. The van der Waals surface area contributed by atoms with Crippen molar-refractivity contribution >= 4 is 40.8 Å². The monoisotopic (exact) mass is 506 g/mol. The van der Waals surface area contributed by atoms with Gasteiger partial charge in [0.2, 0.25) is 0 Å². The molecule has 0 aliphatic carbocycles. The Morgan fingerprint density at radius 3 is 2.24 bits per heavy atom. The third-order valence-corrected chi connectivity index (χ3v) is 6.85. The summed E-state index contributed by atoms with van der Waals surface area (Å²) in [5.41, 5.74) is 5.27. The molecule has 1 saturated heterocycles. The van der Waals surface area contributed by atoms with Crippen molar-refractivity contribution in [1.29, 1.82) is 0 Å². The molecule has 37 heavy (non-hydrogen) atoms. The van der Waals surface area contributed by atoms with Gasteiger partial charge in [-0.3, -0.25) is 9.69 Å². The fourth-order valence-corrected chi connectivity index (χ4v) is 4.77. The Bertz CT molecular complexity index is 1440. The number of carbonyl (C=O) groups excluding carboxylic acids is 1. The highest BCUT2D eigenvalue weighted by atomic mass is 32.2. The van der Waals surface area contributed by atoms with Gasteiger partial charge in [-0.15, -0.1) is 5.10 Å². The summed E-state index contributed by atoms with van der Waals surface area (Å²) in [5.74, 6) is 0.554. The number of amides is 1. The first-order chi connectivity index (χ1) is 18.1. The lowest BCUT2D eigenvalue weighted by molar-refractivity contribution is -0.122. The van der Waals surface area contributed by atoms with E-state index in [1.807, 2.05) is 85.7 Å². The zero-order chi connectivity index (χ0) is 25.6. The largest absolute Gasteiger partial charge is 0.467 e. The van der Waals surface area contributed by atoms with E-state index in [1.165, 1.54) is 11.8 Å². The predicted molar refractivity (Wildman–Crippen MR) is 153 cm³/mol. The Kier molecular flexibility index (Phi) is 7.33. The Morgan fingerprint density at radius 1 is 0.865 bits per heavy atom. The molecule has 1 aliphatic heterocycles. The van der Waals surface area contributed by atoms with Gasteiger partial charge in [0.25, 0.3) is 5.91 Å². The first kappa shape index (κ1) is 24.3. The van der Waals surface area contributed by atoms with Crippen molar-refractivity contribution in [2.24, 2.45) is 10.2 Å². The molecule has 6 nitrogen and oxygen atoms in total. The standard InChI is InChI=1S/C30H26N4O2S/c1-33(2)26-16-12-22(13-17-26)19-28-29(35)34(21-27-9-6-18-36-27)30(37-28)32-31-20-23-10-14-25(15-11-23)24-7-4-3-5-8-24/h3-20H,21H2,1-2H3/b28-19-,31-20-,32-30+. The van der Waals surface area contributed by atoms with E-state index < -0.39 is 0 Å². The van der Waals surface area contributed by atoms with Crippen molar-refractivity contribution in [3.05, 3.63) is 119 Å². The summed E-state index contributed by atoms with van der Waals surface area (Å²) in [5, 5.41) is 9.21. The number of hydrogen-bond donors (Lipinski definition) is 0. The third kappa shape index (κ3) is 5.90. The number of anilines is 1. The van der Waals surface area contributed by atoms with Gasteiger partial charge >= 0.3 is 0 Å². The van der Waals surface area contributed by atoms with E-state index in [-0.39, 0.29) is 12.5 Å². The van der Waals surface area contributed by atoms with Gasteiger partial charge in [-0.05, 0) is 64.4 Å². The lowest BCUT2D eigenvalue weighted by Crippen LogP contribution is -2.28. The quantitative estimate of drug-likeness (QED) is 0.163. The van der Waals surface area contributed by atoms with Crippen LogP contribution in [0.5, 0.6) is 0 Å². The van der Waals surface area contributed by atoms with Crippen LogP contribution in [0, 0.1) is 0 Å². The van der Waals surface area contributed by atoms with Crippen molar-refractivity contribution in [2.75, 3.05) is 19.0 Å². The lowest BCUT2D eigenvalue weighted by atomic mass is 10.0. The van der Waals surface area contributed by atoms with Gasteiger partial charge in [-0.2, -0.15) is 5.10 Å². The Morgan fingerprint density at radius 2 is 1.57 bits per heavy atom. The number of thioether (sulfide) groups is 1. The van der Waals surface area contributed by atoms with Crippen LogP contribution in [-0.4, -0.2) is 36.3 Å². The Hall–Kier alpha value is -4.36. The average molecular weight is 507 g/mol. The zero-order valence-corrected chi connectivity index (χ0v) is 21.4. The van der Waals surface area contributed by atoms with Crippen molar-refractivity contribution in [1.82, 2.24) is 4.90 Å². The molecular weight excluding hydrogens is 480 g/mol. The first-order valence-corrected chi connectivity index (χ1v) is 12.7. The maximum Gasteiger partial charge on any atom is 0.267 e. The molecule has 0 saturated carbocycles. The average Bonchev–Trinajstić information content (AvgIpc) is 3.54. The molecule has 7 heteroatoms. The van der Waals surface area contributed by atoms with Gasteiger partial charge in [0.15, 0.2) is 5.17 Å². The van der Waals surface area contributed by atoms with E-state index in [0.29, 0.717) is 15.8 Å². The summed E-state index contributed by atoms with van der Waals surface area (Å²) in [4.78, 5) is 17.5. The van der Waals surface area contributed by atoms with Crippen LogP contribution in [0.4, 0.5) is 5.69 Å². The first-order valence-electron chi connectivity index (χ1n) is 11.8. The number of rotatable bonds is 7. The van der Waals surface area contributed by atoms with Crippen LogP contribution in [-0.2, 0) is 11.3 Å². The van der Waals surface area contributed by atoms with Crippen LogP contribution < -0.4 is 4.90 Å². The molecule has 1 fully saturated rings. The number of hydrogen-bond acceptors (Lipinski definition) is 6. The van der Waals surface area contributed by atoms with E-state index >= 15 is 0 Å². The molecule has 0 radical (unpaired) electrons. The van der Waals surface area contributed by atoms with Crippen LogP contribution in [0.2, 0.25) is 0 Å². The molecule has 3 aromatic carbocycles. The molecule has 5 rings (SSSR count). The Balaban J connectivity index is 1.36. The molecule has 1 aliphatic rings. The zero-order valence-electron chi connectivity index (χ0n) is 20.6. The maximum atomic E-state index is 13.3. The molecular formula is C30H26N4O2S. The minimum absolute atomic E-state index is 0.126. The predicted octanol–water partition coefficient (Wildman–Crippen LogP) is 6.52. The number of nitrogens with zero attached hydrogens (tertiary/aromatic N) is 4. The van der Waals surface area contributed by atoms with Gasteiger partial charge in [-0.25, -0.2) is 0 Å². The maximum absolute atomic E-state index is 13.3. The number of amidine groups is 1. The van der Waals surface area contributed by atoms with Crippen molar-refractivity contribution in [3.8, 4) is 11.1 Å². The molecule has 2 heterocycles. The second kappa shape index (κ2) is 11.1. The molecule has 1 aromatic heterocycles. The van der Waals surface area contributed by atoms with Crippen LogP contribution in [0.1, 0.15) is 16.9 Å². The van der Waals surface area contributed by atoms with Crippen LogP contribution in [0.25, 0.3) is 17.2 Å². The normalized spacial score (nSPS) is 15.8. The summed E-state index contributed by atoms with van der Waals surface area (Å²) in [6.07, 6.45) is 5.18. The van der Waals surface area contributed by atoms with E-state index in [0.717, 1.165) is 27.9 Å². The fraction of sp³-hybridized carbons (Fsp3) is 0.100. The van der Waals surface area contributed by atoms with Gasteiger partial charge < -0.3 is 9.32 Å². The van der Waals surface area contributed by atoms with E-state index in [2.05, 4.69) is 34.5 Å². The molecule has 184 valence electrons.